The summed E-state index contributed by atoms with van der Waals surface area (Å²) >= 11 is 1.93. The van der Waals surface area contributed by atoms with Crippen molar-refractivity contribution in [2.24, 2.45) is 0 Å². The van der Waals surface area contributed by atoms with E-state index >= 15 is 0 Å². The van der Waals surface area contributed by atoms with Crippen LogP contribution in [0.15, 0.2) is 12.3 Å². The van der Waals surface area contributed by atoms with Crippen LogP contribution < -0.4 is 5.32 Å². The minimum absolute atomic E-state index is 0. The second kappa shape index (κ2) is 6.21. The van der Waals surface area contributed by atoms with Crippen LogP contribution in [0.2, 0.25) is 0 Å². The van der Waals surface area contributed by atoms with Gasteiger partial charge in [-0.25, -0.2) is 9.37 Å². The highest BCUT2D eigenvalue weighted by Crippen LogP contribution is 2.28. The fourth-order valence-electron chi connectivity index (χ4n) is 1.85. The van der Waals surface area contributed by atoms with Crippen molar-refractivity contribution in [2.75, 3.05) is 6.54 Å². The van der Waals surface area contributed by atoms with Crippen LogP contribution in [0.3, 0.4) is 0 Å². The molecule has 1 aliphatic rings. The highest BCUT2D eigenvalue weighted by molar-refractivity contribution is 14.1. The largest absolute Gasteiger partial charge is 0.387 e. The molecule has 17 heavy (non-hydrogen) atoms. The first-order valence-electron chi connectivity index (χ1n) is 4.95. The summed E-state index contributed by atoms with van der Waals surface area (Å²) in [5, 5.41) is 12.8. The zero-order valence-electron chi connectivity index (χ0n) is 8.74. The van der Waals surface area contributed by atoms with Gasteiger partial charge in [-0.3, -0.25) is 0 Å². The fraction of sp³-hybridized carbons (Fsp3) is 0.500. The Labute approximate surface area is 118 Å². The topological polar surface area (TPSA) is 45.2 Å². The molecular formula is C10H12ClF2IN2O. The Hall–Kier alpha value is -0.0500. The highest BCUT2D eigenvalue weighted by atomic mass is 127. The van der Waals surface area contributed by atoms with Gasteiger partial charge in [0.25, 0.3) is 0 Å². The first kappa shape index (κ1) is 15.0. The Morgan fingerprint density at radius 2 is 2.29 bits per heavy atom. The second-order valence-corrected chi connectivity index (χ2v) is 4.95. The number of alkyl halides is 1. The fourth-order valence-corrected chi connectivity index (χ4v) is 2.55. The molecule has 0 saturated carbocycles. The van der Waals surface area contributed by atoms with Crippen LogP contribution in [0.5, 0.6) is 0 Å². The lowest BCUT2D eigenvalue weighted by Gasteiger charge is -2.19. The molecule has 2 rings (SSSR count). The molecule has 7 heteroatoms. The molecule has 3 nitrogen and oxygen atoms in total. The van der Waals surface area contributed by atoms with E-state index < -0.39 is 24.3 Å². The van der Waals surface area contributed by atoms with Crippen molar-refractivity contribution in [3.8, 4) is 0 Å². The van der Waals surface area contributed by atoms with Gasteiger partial charge in [-0.2, -0.15) is 4.39 Å². The standard InChI is InChI=1S/C10H11F2IN2O.ClH/c11-5-3-7(15-4-5)9(16)8-6(13)1-2-14-10(8)12;/h1-2,5,7,9,15-16H,3-4H2;1H/t5-,7+,9?;/m1./s1. The minimum Gasteiger partial charge on any atom is -0.387 e. The van der Waals surface area contributed by atoms with E-state index in [1.165, 1.54) is 6.20 Å². The smallest absolute Gasteiger partial charge is 0.219 e. The molecule has 0 bridgehead atoms. The Morgan fingerprint density at radius 3 is 2.82 bits per heavy atom. The van der Waals surface area contributed by atoms with Gasteiger partial charge >= 0.3 is 0 Å². The summed E-state index contributed by atoms with van der Waals surface area (Å²) in [6.45, 7) is 0.209. The lowest BCUT2D eigenvalue weighted by atomic mass is 10.0. The van der Waals surface area contributed by atoms with Gasteiger partial charge in [-0.1, -0.05) is 0 Å². The molecule has 0 aromatic carbocycles. The quantitative estimate of drug-likeness (QED) is 0.613. The molecule has 0 amide bonds. The molecule has 0 aliphatic carbocycles. The van der Waals surface area contributed by atoms with Crippen LogP contribution in [-0.4, -0.2) is 28.8 Å². The number of aromatic nitrogens is 1. The van der Waals surface area contributed by atoms with Crippen molar-refractivity contribution in [3.05, 3.63) is 27.3 Å². The van der Waals surface area contributed by atoms with Gasteiger partial charge in [0.15, 0.2) is 0 Å². The number of aliphatic hydroxyl groups excluding tert-OH is 1. The van der Waals surface area contributed by atoms with E-state index in [0.717, 1.165) is 0 Å². The molecular weight excluding hydrogens is 364 g/mol. The second-order valence-electron chi connectivity index (χ2n) is 3.79. The molecule has 1 aromatic heterocycles. The molecule has 96 valence electrons. The summed E-state index contributed by atoms with van der Waals surface area (Å²) in [5.41, 5.74) is 0.148. The monoisotopic (exact) mass is 376 g/mol. The number of halogens is 4. The molecule has 1 aliphatic heterocycles. The maximum Gasteiger partial charge on any atom is 0.219 e. The molecule has 1 unspecified atom stereocenters. The van der Waals surface area contributed by atoms with Crippen molar-refractivity contribution in [3.63, 3.8) is 0 Å². The summed E-state index contributed by atoms with van der Waals surface area (Å²) < 4.78 is 27.0. The number of hydrogen-bond acceptors (Lipinski definition) is 3. The van der Waals surface area contributed by atoms with Crippen molar-refractivity contribution in [1.82, 2.24) is 10.3 Å². The maximum atomic E-state index is 13.5. The minimum atomic E-state index is -1.05. The zero-order chi connectivity index (χ0) is 11.7. The third kappa shape index (κ3) is 3.24. The molecule has 2 heterocycles. The van der Waals surface area contributed by atoms with E-state index in [0.29, 0.717) is 3.57 Å². The third-order valence-electron chi connectivity index (χ3n) is 2.68. The predicted octanol–water partition coefficient (Wildman–Crippen LogP) is 1.98. The van der Waals surface area contributed by atoms with Gasteiger partial charge in [0.1, 0.15) is 6.17 Å². The van der Waals surface area contributed by atoms with Gasteiger partial charge < -0.3 is 10.4 Å². The number of nitrogens with zero attached hydrogens (tertiary/aromatic N) is 1. The summed E-state index contributed by atoms with van der Waals surface area (Å²) in [7, 11) is 0. The SMILES string of the molecule is Cl.OC(c1c(I)ccnc1F)[C@@H]1C[C@@H](F)CN1. The first-order valence-corrected chi connectivity index (χ1v) is 6.03. The number of aliphatic hydroxyl groups is 1. The van der Waals surface area contributed by atoms with Gasteiger partial charge in [-0.05, 0) is 35.1 Å². The van der Waals surface area contributed by atoms with E-state index in [2.05, 4.69) is 10.3 Å². The molecule has 0 radical (unpaired) electrons. The van der Waals surface area contributed by atoms with Crippen molar-refractivity contribution in [1.29, 1.82) is 0 Å². The molecule has 1 saturated heterocycles. The van der Waals surface area contributed by atoms with Gasteiger partial charge in [0.05, 0.1) is 11.7 Å². The molecule has 2 N–H and O–H groups in total. The molecule has 1 fully saturated rings. The lowest BCUT2D eigenvalue weighted by Crippen LogP contribution is -2.30. The molecule has 1 aromatic rings. The van der Waals surface area contributed by atoms with Gasteiger partial charge in [-0.15, -0.1) is 12.4 Å². The summed E-state index contributed by atoms with van der Waals surface area (Å²) in [6, 6.07) is 1.17. The summed E-state index contributed by atoms with van der Waals surface area (Å²) in [4.78, 5) is 3.50. The van der Waals surface area contributed by atoms with Crippen LogP contribution in [0.4, 0.5) is 8.78 Å². The number of pyridine rings is 1. The van der Waals surface area contributed by atoms with Crippen molar-refractivity contribution >= 4 is 35.0 Å². The number of nitrogens with one attached hydrogen (secondary N) is 1. The average molecular weight is 377 g/mol. The normalized spacial score (nSPS) is 25.4. The lowest BCUT2D eigenvalue weighted by molar-refractivity contribution is 0.128. The number of rotatable bonds is 2. The van der Waals surface area contributed by atoms with Crippen LogP contribution >= 0.6 is 35.0 Å². The Morgan fingerprint density at radius 1 is 1.59 bits per heavy atom. The molecule has 3 atom stereocenters. The third-order valence-corrected chi connectivity index (χ3v) is 3.62. The van der Waals surface area contributed by atoms with E-state index in [-0.39, 0.29) is 30.9 Å². The van der Waals surface area contributed by atoms with Crippen molar-refractivity contribution in [2.45, 2.75) is 24.7 Å². The Balaban J connectivity index is 0.00000144. The van der Waals surface area contributed by atoms with Crippen LogP contribution in [0.1, 0.15) is 18.1 Å². The van der Waals surface area contributed by atoms with E-state index in [9.17, 15) is 13.9 Å². The average Bonchev–Trinajstić information content (AvgIpc) is 2.64. The zero-order valence-corrected chi connectivity index (χ0v) is 11.7. The maximum absolute atomic E-state index is 13.5. The van der Waals surface area contributed by atoms with Crippen molar-refractivity contribution < 1.29 is 13.9 Å². The molecule has 0 spiro atoms. The number of hydrogen-bond donors (Lipinski definition) is 2. The van der Waals surface area contributed by atoms with Crippen LogP contribution in [-0.2, 0) is 0 Å². The summed E-state index contributed by atoms with van der Waals surface area (Å²) in [5.74, 6) is -0.691. The highest BCUT2D eigenvalue weighted by Gasteiger charge is 2.32. The van der Waals surface area contributed by atoms with E-state index in [4.69, 9.17) is 0 Å². The van der Waals surface area contributed by atoms with Crippen LogP contribution in [0, 0.1) is 9.52 Å². The van der Waals surface area contributed by atoms with E-state index in [1.54, 1.807) is 6.07 Å². The Bertz CT molecular complexity index is 376. The van der Waals surface area contributed by atoms with Crippen LogP contribution in [0.25, 0.3) is 0 Å². The predicted molar refractivity (Wildman–Crippen MR) is 70.4 cm³/mol. The van der Waals surface area contributed by atoms with Gasteiger partial charge in [0.2, 0.25) is 5.95 Å². The van der Waals surface area contributed by atoms with Gasteiger partial charge in [0, 0.05) is 22.4 Å². The summed E-state index contributed by atoms with van der Waals surface area (Å²) in [6.07, 6.45) is -0.489. The Kier molecular flexibility index (Phi) is 5.49. The first-order chi connectivity index (χ1) is 7.59. The van der Waals surface area contributed by atoms with E-state index in [1.807, 2.05) is 22.6 Å².